The Morgan fingerprint density at radius 1 is 1.19 bits per heavy atom. The van der Waals surface area contributed by atoms with E-state index in [1.807, 2.05) is 41.8 Å². The number of imidazole rings is 1. The average molecular weight is 378 g/mol. The number of nitrogens with one attached hydrogen (secondary N) is 2. The summed E-state index contributed by atoms with van der Waals surface area (Å²) in [6, 6.07) is 15.0. The molecule has 0 radical (unpaired) electrons. The van der Waals surface area contributed by atoms with Crippen LogP contribution in [0.1, 0.15) is 21.9 Å². The maximum Gasteiger partial charge on any atom is 0.251 e. The molecule has 0 bridgehead atoms. The molecule has 2 N–H and O–H groups in total. The number of carbonyl (C=O) groups excluding carboxylic acids is 1. The van der Waals surface area contributed by atoms with Crippen molar-refractivity contribution in [3.8, 4) is 5.75 Å². The van der Waals surface area contributed by atoms with E-state index >= 15 is 0 Å². The average Bonchev–Trinajstić information content (AvgIpc) is 3.35. The van der Waals surface area contributed by atoms with Gasteiger partial charge in [0.15, 0.2) is 0 Å². The second kappa shape index (κ2) is 8.01. The highest BCUT2D eigenvalue weighted by Crippen LogP contribution is 2.15. The predicted molar refractivity (Wildman–Crippen MR) is 105 cm³/mol. The van der Waals surface area contributed by atoms with Crippen molar-refractivity contribution in [3.05, 3.63) is 76.5 Å². The highest BCUT2D eigenvalue weighted by atomic mass is 32.1. The van der Waals surface area contributed by atoms with Crippen molar-refractivity contribution in [1.82, 2.24) is 20.3 Å². The van der Waals surface area contributed by atoms with Crippen molar-refractivity contribution < 1.29 is 9.53 Å². The number of nitrogens with zero attached hydrogens (tertiary/aromatic N) is 2. The topological polar surface area (TPSA) is 79.9 Å². The zero-order chi connectivity index (χ0) is 18.5. The van der Waals surface area contributed by atoms with Gasteiger partial charge in [-0.2, -0.15) is 0 Å². The molecule has 0 fully saturated rings. The fraction of sp³-hybridized carbons (Fsp3) is 0.150. The van der Waals surface area contributed by atoms with Crippen LogP contribution in [0.2, 0.25) is 0 Å². The van der Waals surface area contributed by atoms with E-state index in [2.05, 4.69) is 20.3 Å². The molecule has 27 heavy (non-hydrogen) atoms. The molecule has 7 heteroatoms. The Hall–Kier alpha value is -3.19. The first kappa shape index (κ1) is 17.2. The van der Waals surface area contributed by atoms with Gasteiger partial charge in [0.1, 0.15) is 18.2 Å². The van der Waals surface area contributed by atoms with E-state index in [4.69, 9.17) is 4.74 Å². The lowest BCUT2D eigenvalue weighted by Crippen LogP contribution is -2.25. The smallest absolute Gasteiger partial charge is 0.251 e. The Kier molecular flexibility index (Phi) is 5.11. The van der Waals surface area contributed by atoms with Crippen LogP contribution in [-0.4, -0.2) is 27.4 Å². The third kappa shape index (κ3) is 4.32. The molecule has 1 amide bonds. The summed E-state index contributed by atoms with van der Waals surface area (Å²) in [6.07, 6.45) is 0.639. The summed E-state index contributed by atoms with van der Waals surface area (Å²) in [6.45, 7) is 0.892. The summed E-state index contributed by atoms with van der Waals surface area (Å²) in [7, 11) is 0. The molecular formula is C20H18N4O2S. The molecular weight excluding hydrogens is 360 g/mol. The summed E-state index contributed by atoms with van der Waals surface area (Å²) >= 11 is 1.53. The lowest BCUT2D eigenvalue weighted by molar-refractivity contribution is 0.0953. The minimum absolute atomic E-state index is 0.134. The second-order valence-corrected chi connectivity index (χ2v) is 6.72. The van der Waals surface area contributed by atoms with E-state index in [0.29, 0.717) is 30.9 Å². The Labute approximate surface area is 160 Å². The summed E-state index contributed by atoms with van der Waals surface area (Å²) in [4.78, 5) is 24.3. The SMILES string of the molecule is O=C(NCCc1nc2ccccc2[nH]1)c1cccc(OCc2cscn2)c1. The highest BCUT2D eigenvalue weighted by Gasteiger charge is 2.08. The zero-order valence-corrected chi connectivity index (χ0v) is 15.3. The number of rotatable bonds is 7. The van der Waals surface area contributed by atoms with Gasteiger partial charge in [-0.05, 0) is 30.3 Å². The molecule has 2 aromatic heterocycles. The van der Waals surface area contributed by atoms with Gasteiger partial charge in [-0.15, -0.1) is 11.3 Å². The van der Waals surface area contributed by atoms with Gasteiger partial charge in [0.05, 0.1) is 22.2 Å². The number of aromatic nitrogens is 3. The molecule has 0 aliphatic carbocycles. The number of carbonyl (C=O) groups is 1. The Balaban J connectivity index is 1.31. The van der Waals surface area contributed by atoms with Gasteiger partial charge >= 0.3 is 0 Å². The van der Waals surface area contributed by atoms with Crippen LogP contribution < -0.4 is 10.1 Å². The first-order chi connectivity index (χ1) is 13.3. The molecule has 0 aliphatic rings. The molecule has 4 rings (SSSR count). The van der Waals surface area contributed by atoms with Crippen LogP contribution in [0.15, 0.2) is 59.4 Å². The molecule has 0 spiro atoms. The van der Waals surface area contributed by atoms with E-state index in [1.54, 1.807) is 17.6 Å². The molecule has 0 unspecified atom stereocenters. The summed E-state index contributed by atoms with van der Waals surface area (Å²) < 4.78 is 5.70. The van der Waals surface area contributed by atoms with E-state index in [0.717, 1.165) is 22.6 Å². The maximum atomic E-state index is 12.4. The van der Waals surface area contributed by atoms with Gasteiger partial charge in [0, 0.05) is 23.9 Å². The highest BCUT2D eigenvalue weighted by molar-refractivity contribution is 7.07. The Bertz CT molecular complexity index is 1010. The second-order valence-electron chi connectivity index (χ2n) is 6.00. The van der Waals surface area contributed by atoms with Crippen LogP contribution in [-0.2, 0) is 13.0 Å². The number of benzene rings is 2. The number of H-pyrrole nitrogens is 1. The summed E-state index contributed by atoms with van der Waals surface area (Å²) in [5, 5.41) is 4.86. The van der Waals surface area contributed by atoms with Gasteiger partial charge in [0.25, 0.3) is 5.91 Å². The molecule has 0 atom stereocenters. The summed E-state index contributed by atoms with van der Waals surface area (Å²) in [5.41, 5.74) is 5.15. The van der Waals surface area contributed by atoms with Crippen LogP contribution in [0.3, 0.4) is 0 Å². The minimum Gasteiger partial charge on any atom is -0.487 e. The van der Waals surface area contributed by atoms with Gasteiger partial charge in [-0.3, -0.25) is 4.79 Å². The van der Waals surface area contributed by atoms with Crippen molar-refractivity contribution in [2.24, 2.45) is 0 Å². The normalized spacial score (nSPS) is 10.8. The zero-order valence-electron chi connectivity index (χ0n) is 14.5. The van der Waals surface area contributed by atoms with Gasteiger partial charge in [-0.1, -0.05) is 18.2 Å². The Morgan fingerprint density at radius 2 is 2.11 bits per heavy atom. The molecule has 4 aromatic rings. The number of hydrogen-bond donors (Lipinski definition) is 2. The molecule has 0 saturated carbocycles. The molecule has 0 aliphatic heterocycles. The van der Waals surface area contributed by atoms with Crippen molar-refractivity contribution in [2.75, 3.05) is 6.54 Å². The fourth-order valence-corrected chi connectivity index (χ4v) is 3.26. The van der Waals surface area contributed by atoms with Crippen LogP contribution in [0.4, 0.5) is 0 Å². The quantitative estimate of drug-likeness (QED) is 0.515. The standard InChI is InChI=1S/C20H18N4O2S/c25-20(21-9-8-19-23-17-6-1-2-7-18(17)24-19)14-4-3-5-16(10-14)26-11-15-12-27-13-22-15/h1-7,10,12-13H,8-9,11H2,(H,21,25)(H,23,24). The molecule has 2 heterocycles. The van der Waals surface area contributed by atoms with Crippen molar-refractivity contribution in [1.29, 1.82) is 0 Å². The van der Waals surface area contributed by atoms with Crippen LogP contribution in [0, 0.1) is 0 Å². The number of amides is 1. The molecule has 2 aromatic carbocycles. The molecule has 0 saturated heterocycles. The first-order valence-electron chi connectivity index (χ1n) is 8.60. The molecule has 6 nitrogen and oxygen atoms in total. The number of ether oxygens (including phenoxy) is 1. The largest absolute Gasteiger partial charge is 0.487 e. The monoisotopic (exact) mass is 378 g/mol. The van der Waals surface area contributed by atoms with Crippen LogP contribution in [0.5, 0.6) is 5.75 Å². The number of thiazole rings is 1. The number of aromatic amines is 1. The number of fused-ring (bicyclic) bond motifs is 1. The fourth-order valence-electron chi connectivity index (χ4n) is 2.71. The van der Waals surface area contributed by atoms with E-state index in [1.165, 1.54) is 11.3 Å². The van der Waals surface area contributed by atoms with E-state index in [-0.39, 0.29) is 5.91 Å². The maximum absolute atomic E-state index is 12.4. The van der Waals surface area contributed by atoms with Crippen molar-refractivity contribution in [3.63, 3.8) is 0 Å². The van der Waals surface area contributed by atoms with Crippen LogP contribution in [0.25, 0.3) is 11.0 Å². The van der Waals surface area contributed by atoms with Crippen molar-refractivity contribution >= 4 is 28.3 Å². The summed E-state index contributed by atoms with van der Waals surface area (Å²) in [5.74, 6) is 1.37. The van der Waals surface area contributed by atoms with Crippen LogP contribution >= 0.6 is 11.3 Å². The molecule has 136 valence electrons. The first-order valence-corrected chi connectivity index (χ1v) is 9.54. The Morgan fingerprint density at radius 3 is 2.96 bits per heavy atom. The van der Waals surface area contributed by atoms with E-state index in [9.17, 15) is 4.79 Å². The predicted octanol–water partition coefficient (Wildman–Crippen LogP) is 3.57. The number of para-hydroxylation sites is 2. The number of hydrogen-bond acceptors (Lipinski definition) is 5. The van der Waals surface area contributed by atoms with Crippen molar-refractivity contribution in [2.45, 2.75) is 13.0 Å². The van der Waals surface area contributed by atoms with Gasteiger partial charge < -0.3 is 15.0 Å². The lowest BCUT2D eigenvalue weighted by atomic mass is 10.2. The minimum atomic E-state index is -0.134. The van der Waals surface area contributed by atoms with Gasteiger partial charge in [-0.25, -0.2) is 9.97 Å². The van der Waals surface area contributed by atoms with E-state index < -0.39 is 0 Å². The third-order valence-electron chi connectivity index (χ3n) is 4.05. The van der Waals surface area contributed by atoms with Gasteiger partial charge in [0.2, 0.25) is 0 Å². The third-order valence-corrected chi connectivity index (χ3v) is 4.69. The lowest BCUT2D eigenvalue weighted by Gasteiger charge is -2.07.